The minimum atomic E-state index is -0.0108. The predicted molar refractivity (Wildman–Crippen MR) is 219 cm³/mol. The van der Waals surface area contributed by atoms with Crippen molar-refractivity contribution < 1.29 is 4.79 Å². The van der Waals surface area contributed by atoms with Crippen LogP contribution in [-0.2, 0) is 37.8 Å². The van der Waals surface area contributed by atoms with E-state index in [-0.39, 0.29) is 43.1 Å². The van der Waals surface area contributed by atoms with E-state index in [1.165, 1.54) is 11.1 Å². The number of amidine groups is 1. The Kier molecular flexibility index (Phi) is 12.5. The number of hydrogen-bond donors (Lipinski definition) is 3. The Hall–Kier alpha value is -5.47. The standard InChI is InChI=1S/C43H40N6O.2ClH/c1-48-40-24-23-37(26-39(40)47-41(48)25-18-30-14-21-35(22-15-30)43(44)45)49(29-36-12-7-11-34-10-5-6-13-38(34)36)42(50)28-46-27-31-16-19-33(20-17-31)32-8-3-2-4-9-32;;/h2-17,19-24,26,46H,18,25,27-29H2,1H3,(H3,44,45);2*1H. The lowest BCUT2D eigenvalue weighted by atomic mass is 10.0. The Morgan fingerprint density at radius 3 is 2.19 bits per heavy atom. The molecule has 7 nitrogen and oxygen atoms in total. The molecule has 0 aliphatic rings. The average Bonchev–Trinajstić information content (AvgIpc) is 3.47. The van der Waals surface area contributed by atoms with Gasteiger partial charge >= 0.3 is 0 Å². The number of imidazole rings is 1. The fourth-order valence-corrected chi connectivity index (χ4v) is 6.52. The highest BCUT2D eigenvalue weighted by molar-refractivity contribution is 5.98. The SMILES string of the molecule is Cl.Cl.Cn1c(CCc2ccc(C(=N)N)cc2)nc2cc(N(Cc3cccc4ccccc34)C(=O)CNCc3ccc(-c4ccccc4)cc3)ccc21. The maximum absolute atomic E-state index is 14.1. The molecule has 0 saturated carbocycles. The van der Waals surface area contributed by atoms with E-state index in [0.29, 0.717) is 13.1 Å². The molecule has 264 valence electrons. The third-order valence-corrected chi connectivity index (χ3v) is 9.35. The number of anilines is 1. The highest BCUT2D eigenvalue weighted by Gasteiger charge is 2.19. The van der Waals surface area contributed by atoms with Gasteiger partial charge in [0.1, 0.15) is 11.7 Å². The summed E-state index contributed by atoms with van der Waals surface area (Å²) in [6.07, 6.45) is 1.57. The van der Waals surface area contributed by atoms with Crippen molar-refractivity contribution in [1.29, 1.82) is 5.41 Å². The number of amides is 1. The zero-order valence-electron chi connectivity index (χ0n) is 29.0. The second kappa shape index (κ2) is 17.2. The number of aryl methyl sites for hydroxylation is 3. The van der Waals surface area contributed by atoms with Gasteiger partial charge < -0.3 is 20.5 Å². The van der Waals surface area contributed by atoms with E-state index in [0.717, 1.165) is 68.4 Å². The number of carbonyl (C=O) groups is 1. The number of rotatable bonds is 12. The van der Waals surface area contributed by atoms with E-state index in [9.17, 15) is 4.79 Å². The summed E-state index contributed by atoms with van der Waals surface area (Å²) in [6.45, 7) is 1.22. The van der Waals surface area contributed by atoms with Gasteiger partial charge in [0, 0.05) is 31.3 Å². The van der Waals surface area contributed by atoms with Gasteiger partial charge in [0.15, 0.2) is 0 Å². The topological polar surface area (TPSA) is 100 Å². The summed E-state index contributed by atoms with van der Waals surface area (Å²) in [5, 5.41) is 13.3. The van der Waals surface area contributed by atoms with Crippen molar-refractivity contribution in [3.05, 3.63) is 168 Å². The van der Waals surface area contributed by atoms with Gasteiger partial charge in [-0.3, -0.25) is 10.2 Å². The van der Waals surface area contributed by atoms with Crippen molar-refractivity contribution in [3.8, 4) is 11.1 Å². The van der Waals surface area contributed by atoms with Crippen LogP contribution in [0.25, 0.3) is 32.9 Å². The van der Waals surface area contributed by atoms with Crippen molar-refractivity contribution in [3.63, 3.8) is 0 Å². The molecule has 4 N–H and O–H groups in total. The summed E-state index contributed by atoms with van der Waals surface area (Å²) >= 11 is 0. The third kappa shape index (κ3) is 8.52. The van der Waals surface area contributed by atoms with Crippen molar-refractivity contribution >= 4 is 64.1 Å². The summed E-state index contributed by atoms with van der Waals surface area (Å²) in [5.74, 6) is 1.03. The molecule has 0 bridgehead atoms. The first-order valence-electron chi connectivity index (χ1n) is 16.9. The molecule has 0 radical (unpaired) electrons. The molecule has 52 heavy (non-hydrogen) atoms. The van der Waals surface area contributed by atoms with Gasteiger partial charge in [-0.2, -0.15) is 0 Å². The summed E-state index contributed by atoms with van der Waals surface area (Å²) < 4.78 is 2.13. The lowest BCUT2D eigenvalue weighted by Crippen LogP contribution is -2.37. The zero-order chi connectivity index (χ0) is 34.5. The molecular formula is C43H42Cl2N6O. The van der Waals surface area contributed by atoms with Gasteiger partial charge in [-0.1, -0.05) is 121 Å². The molecule has 0 atom stereocenters. The first-order valence-corrected chi connectivity index (χ1v) is 16.9. The third-order valence-electron chi connectivity index (χ3n) is 9.35. The largest absolute Gasteiger partial charge is 0.384 e. The van der Waals surface area contributed by atoms with Gasteiger partial charge in [-0.15, -0.1) is 24.8 Å². The predicted octanol–water partition coefficient (Wildman–Crippen LogP) is 8.63. The molecule has 0 fully saturated rings. The molecule has 0 unspecified atom stereocenters. The number of nitrogens with one attached hydrogen (secondary N) is 2. The van der Waals surface area contributed by atoms with E-state index >= 15 is 0 Å². The summed E-state index contributed by atoms with van der Waals surface area (Å²) in [7, 11) is 2.04. The Balaban J connectivity index is 0.00000261. The van der Waals surface area contributed by atoms with E-state index in [1.807, 2.05) is 78.7 Å². The van der Waals surface area contributed by atoms with Crippen molar-refractivity contribution in [1.82, 2.24) is 14.9 Å². The first-order chi connectivity index (χ1) is 24.4. The van der Waals surface area contributed by atoms with E-state index in [1.54, 1.807) is 0 Å². The van der Waals surface area contributed by atoms with Gasteiger partial charge in [0.05, 0.1) is 24.1 Å². The number of nitrogen functional groups attached to an aromatic ring is 1. The molecule has 1 heterocycles. The number of carbonyl (C=O) groups excluding carboxylic acids is 1. The lowest BCUT2D eigenvalue weighted by Gasteiger charge is -2.24. The molecule has 1 amide bonds. The van der Waals surface area contributed by atoms with E-state index in [4.69, 9.17) is 16.1 Å². The number of nitrogens with two attached hydrogens (primary N) is 1. The molecule has 7 rings (SSSR count). The number of aromatic nitrogens is 2. The monoisotopic (exact) mass is 728 g/mol. The van der Waals surface area contributed by atoms with Crippen LogP contribution in [0.4, 0.5) is 5.69 Å². The molecule has 7 aromatic rings. The highest BCUT2D eigenvalue weighted by atomic mass is 35.5. The second-order valence-electron chi connectivity index (χ2n) is 12.7. The smallest absolute Gasteiger partial charge is 0.241 e. The van der Waals surface area contributed by atoms with Crippen molar-refractivity contribution in [2.24, 2.45) is 12.8 Å². The number of halogens is 2. The van der Waals surface area contributed by atoms with Crippen LogP contribution in [-0.4, -0.2) is 27.8 Å². The number of fused-ring (bicyclic) bond motifs is 2. The highest BCUT2D eigenvalue weighted by Crippen LogP contribution is 2.27. The fraction of sp³-hybridized carbons (Fsp3) is 0.140. The normalized spacial score (nSPS) is 10.8. The molecule has 0 aliphatic carbocycles. The van der Waals surface area contributed by atoms with Crippen LogP contribution in [0.5, 0.6) is 0 Å². The van der Waals surface area contributed by atoms with Crippen LogP contribution in [0.3, 0.4) is 0 Å². The molecule has 0 spiro atoms. The Labute approximate surface area is 316 Å². The van der Waals surface area contributed by atoms with E-state index < -0.39 is 0 Å². The van der Waals surface area contributed by atoms with Gasteiger partial charge in [0.2, 0.25) is 5.91 Å². The van der Waals surface area contributed by atoms with Crippen molar-refractivity contribution in [2.45, 2.75) is 25.9 Å². The van der Waals surface area contributed by atoms with Crippen LogP contribution >= 0.6 is 24.8 Å². The quantitative estimate of drug-likeness (QED) is 0.0867. The van der Waals surface area contributed by atoms with Gasteiger partial charge in [-0.05, 0) is 63.2 Å². The van der Waals surface area contributed by atoms with Crippen LogP contribution in [0.2, 0.25) is 0 Å². The minimum Gasteiger partial charge on any atom is -0.384 e. The zero-order valence-corrected chi connectivity index (χ0v) is 30.6. The van der Waals surface area contributed by atoms with Crippen LogP contribution in [0, 0.1) is 5.41 Å². The number of hydrogen-bond acceptors (Lipinski definition) is 4. The van der Waals surface area contributed by atoms with E-state index in [2.05, 4.69) is 82.7 Å². The lowest BCUT2D eigenvalue weighted by molar-refractivity contribution is -0.118. The Morgan fingerprint density at radius 1 is 0.769 bits per heavy atom. The molecular weight excluding hydrogens is 687 g/mol. The molecule has 0 aliphatic heterocycles. The van der Waals surface area contributed by atoms with Gasteiger partial charge in [0.25, 0.3) is 0 Å². The van der Waals surface area contributed by atoms with Crippen LogP contribution in [0.1, 0.15) is 28.1 Å². The fourth-order valence-electron chi connectivity index (χ4n) is 6.52. The summed E-state index contributed by atoms with van der Waals surface area (Å²) in [5.41, 5.74) is 14.8. The minimum absolute atomic E-state index is 0. The maximum atomic E-state index is 14.1. The molecule has 9 heteroatoms. The second-order valence-corrected chi connectivity index (χ2v) is 12.7. The Morgan fingerprint density at radius 2 is 1.44 bits per heavy atom. The first kappa shape index (κ1) is 37.8. The van der Waals surface area contributed by atoms with Gasteiger partial charge in [-0.25, -0.2) is 4.98 Å². The summed E-state index contributed by atoms with van der Waals surface area (Å²) in [6, 6.07) is 47.3. The number of benzene rings is 6. The Bertz CT molecular complexity index is 2280. The average molecular weight is 730 g/mol. The van der Waals surface area contributed by atoms with Crippen molar-refractivity contribution in [2.75, 3.05) is 11.4 Å². The van der Waals surface area contributed by atoms with Crippen LogP contribution in [0.15, 0.2) is 140 Å². The number of nitrogens with zero attached hydrogens (tertiary/aromatic N) is 3. The molecule has 1 aromatic heterocycles. The maximum Gasteiger partial charge on any atom is 0.241 e. The van der Waals surface area contributed by atoms with Crippen LogP contribution < -0.4 is 16.0 Å². The molecule has 6 aromatic carbocycles. The summed E-state index contributed by atoms with van der Waals surface area (Å²) in [4.78, 5) is 21.0. The molecule has 0 saturated heterocycles.